The number of carbonyl (C=O) groups excluding carboxylic acids is 1. The average molecular weight is 302 g/mol. The summed E-state index contributed by atoms with van der Waals surface area (Å²) < 4.78 is 37.4. The monoisotopic (exact) mass is 302 g/mol. The van der Waals surface area contributed by atoms with E-state index < -0.39 is 11.7 Å². The number of hydrogen-bond acceptors (Lipinski definition) is 2. The van der Waals surface area contributed by atoms with Gasteiger partial charge in [-0.3, -0.25) is 9.69 Å². The fraction of sp³-hybridized carbons (Fsp3) is 0.533. The third kappa shape index (κ3) is 5.38. The van der Waals surface area contributed by atoms with E-state index in [0.717, 1.165) is 17.7 Å². The van der Waals surface area contributed by atoms with Gasteiger partial charge in [-0.1, -0.05) is 12.1 Å². The van der Waals surface area contributed by atoms with Gasteiger partial charge in [-0.25, -0.2) is 0 Å². The van der Waals surface area contributed by atoms with Crippen molar-refractivity contribution >= 4 is 5.91 Å². The van der Waals surface area contributed by atoms with E-state index in [1.807, 2.05) is 13.8 Å². The number of nitrogens with zero attached hydrogens (tertiary/aromatic N) is 1. The van der Waals surface area contributed by atoms with Gasteiger partial charge in [0.25, 0.3) is 0 Å². The third-order valence-corrected chi connectivity index (χ3v) is 3.18. The van der Waals surface area contributed by atoms with E-state index in [-0.39, 0.29) is 18.0 Å². The Bertz CT molecular complexity index is 469. The standard InChI is InChI=1S/C15H21F3N2O/c1-10(2)19-14(21)11(3)20(4)9-12-5-7-13(8-6-12)15(16,17)18/h5-8,10-11H,9H2,1-4H3,(H,19,21). The van der Waals surface area contributed by atoms with Crippen LogP contribution in [0.15, 0.2) is 24.3 Å². The van der Waals surface area contributed by atoms with E-state index in [9.17, 15) is 18.0 Å². The number of nitrogens with one attached hydrogen (secondary N) is 1. The summed E-state index contributed by atoms with van der Waals surface area (Å²) in [7, 11) is 1.77. The maximum atomic E-state index is 12.5. The van der Waals surface area contributed by atoms with Crippen molar-refractivity contribution in [3.63, 3.8) is 0 Å². The lowest BCUT2D eigenvalue weighted by Crippen LogP contribution is -2.45. The Balaban J connectivity index is 2.66. The molecule has 1 aromatic carbocycles. The molecule has 1 N–H and O–H groups in total. The van der Waals surface area contributed by atoms with E-state index in [1.54, 1.807) is 18.9 Å². The molecule has 0 saturated carbocycles. The molecule has 0 aromatic heterocycles. The van der Waals surface area contributed by atoms with Crippen LogP contribution < -0.4 is 5.32 Å². The molecule has 6 heteroatoms. The highest BCUT2D eigenvalue weighted by Gasteiger charge is 2.30. The Labute approximate surface area is 123 Å². The molecule has 0 fully saturated rings. The van der Waals surface area contributed by atoms with Crippen molar-refractivity contribution < 1.29 is 18.0 Å². The number of alkyl halides is 3. The first kappa shape index (κ1) is 17.5. The van der Waals surface area contributed by atoms with Crippen LogP contribution >= 0.6 is 0 Å². The van der Waals surface area contributed by atoms with Crippen LogP contribution in [0.1, 0.15) is 31.9 Å². The van der Waals surface area contributed by atoms with Gasteiger partial charge in [0, 0.05) is 12.6 Å². The Morgan fingerprint density at radius 3 is 2.14 bits per heavy atom. The van der Waals surface area contributed by atoms with Crippen LogP contribution in [-0.2, 0) is 17.5 Å². The van der Waals surface area contributed by atoms with Gasteiger partial charge in [0.05, 0.1) is 11.6 Å². The fourth-order valence-corrected chi connectivity index (χ4v) is 1.83. The van der Waals surface area contributed by atoms with Crippen LogP contribution in [-0.4, -0.2) is 29.9 Å². The lowest BCUT2D eigenvalue weighted by Gasteiger charge is -2.25. The van der Waals surface area contributed by atoms with Crippen molar-refractivity contribution in [1.82, 2.24) is 10.2 Å². The Morgan fingerprint density at radius 1 is 1.19 bits per heavy atom. The molecule has 1 atom stereocenters. The van der Waals surface area contributed by atoms with Crippen LogP contribution in [0.25, 0.3) is 0 Å². The largest absolute Gasteiger partial charge is 0.416 e. The zero-order valence-electron chi connectivity index (χ0n) is 12.7. The predicted octanol–water partition coefficient (Wildman–Crippen LogP) is 3.05. The fourth-order valence-electron chi connectivity index (χ4n) is 1.83. The van der Waals surface area contributed by atoms with Crippen LogP contribution in [0.2, 0.25) is 0 Å². The van der Waals surface area contributed by atoms with Crippen molar-refractivity contribution in [3.8, 4) is 0 Å². The Kier molecular flexibility index (Phi) is 5.78. The van der Waals surface area contributed by atoms with Crippen molar-refractivity contribution in [2.24, 2.45) is 0 Å². The minimum Gasteiger partial charge on any atom is -0.353 e. The minimum absolute atomic E-state index is 0.0550. The zero-order chi connectivity index (χ0) is 16.2. The molecule has 0 spiro atoms. The summed E-state index contributed by atoms with van der Waals surface area (Å²) in [6, 6.07) is 4.69. The Morgan fingerprint density at radius 2 is 1.71 bits per heavy atom. The summed E-state index contributed by atoms with van der Waals surface area (Å²) in [6.07, 6.45) is -4.32. The van der Waals surface area contributed by atoms with Crippen molar-refractivity contribution in [3.05, 3.63) is 35.4 Å². The molecular weight excluding hydrogens is 281 g/mol. The number of rotatable bonds is 5. The van der Waals surface area contributed by atoms with Gasteiger partial charge < -0.3 is 5.32 Å². The number of hydrogen-bond donors (Lipinski definition) is 1. The van der Waals surface area contributed by atoms with E-state index in [4.69, 9.17) is 0 Å². The predicted molar refractivity (Wildman–Crippen MR) is 75.7 cm³/mol. The van der Waals surface area contributed by atoms with E-state index in [0.29, 0.717) is 6.54 Å². The first-order chi connectivity index (χ1) is 9.61. The number of amides is 1. The normalized spacial score (nSPS) is 13.6. The summed E-state index contributed by atoms with van der Waals surface area (Å²) >= 11 is 0. The maximum Gasteiger partial charge on any atom is 0.416 e. The molecule has 21 heavy (non-hydrogen) atoms. The minimum atomic E-state index is -4.32. The van der Waals surface area contributed by atoms with Crippen molar-refractivity contribution in [2.75, 3.05) is 7.05 Å². The highest BCUT2D eigenvalue weighted by Crippen LogP contribution is 2.29. The molecule has 0 bridgehead atoms. The summed E-state index contributed by atoms with van der Waals surface area (Å²) in [6.45, 7) is 5.92. The maximum absolute atomic E-state index is 12.5. The summed E-state index contributed by atoms with van der Waals surface area (Å²) in [5.41, 5.74) is 0.0641. The van der Waals surface area contributed by atoms with Crippen molar-refractivity contribution in [2.45, 2.75) is 45.6 Å². The van der Waals surface area contributed by atoms with Gasteiger partial charge in [-0.05, 0) is 45.5 Å². The number of likely N-dealkylation sites (N-methyl/N-ethyl adjacent to an activating group) is 1. The van der Waals surface area contributed by atoms with E-state index in [1.165, 1.54) is 12.1 Å². The highest BCUT2D eigenvalue weighted by atomic mass is 19.4. The lowest BCUT2D eigenvalue weighted by molar-refractivity contribution is -0.137. The van der Waals surface area contributed by atoms with Gasteiger partial charge >= 0.3 is 6.18 Å². The topological polar surface area (TPSA) is 32.3 Å². The van der Waals surface area contributed by atoms with Gasteiger partial charge in [0.15, 0.2) is 0 Å². The molecule has 1 unspecified atom stereocenters. The molecule has 1 rings (SSSR count). The molecule has 0 radical (unpaired) electrons. The average Bonchev–Trinajstić information content (AvgIpc) is 2.36. The lowest BCUT2D eigenvalue weighted by atomic mass is 10.1. The van der Waals surface area contributed by atoms with E-state index in [2.05, 4.69) is 5.32 Å². The third-order valence-electron chi connectivity index (χ3n) is 3.18. The van der Waals surface area contributed by atoms with Gasteiger partial charge in [-0.15, -0.1) is 0 Å². The van der Waals surface area contributed by atoms with Crippen LogP contribution in [0, 0.1) is 0 Å². The molecule has 3 nitrogen and oxygen atoms in total. The molecule has 0 saturated heterocycles. The summed E-state index contributed by atoms with van der Waals surface area (Å²) in [5.74, 6) is -0.0978. The number of benzene rings is 1. The highest BCUT2D eigenvalue weighted by molar-refractivity contribution is 5.81. The Hall–Kier alpha value is -1.56. The van der Waals surface area contributed by atoms with Crippen LogP contribution in [0.3, 0.4) is 0 Å². The van der Waals surface area contributed by atoms with E-state index >= 15 is 0 Å². The first-order valence-electron chi connectivity index (χ1n) is 6.78. The second-order valence-electron chi connectivity index (χ2n) is 5.45. The molecule has 0 aliphatic carbocycles. The first-order valence-corrected chi connectivity index (χ1v) is 6.78. The summed E-state index contributed by atoms with van der Waals surface area (Å²) in [4.78, 5) is 13.7. The molecule has 1 amide bonds. The SMILES string of the molecule is CC(C)NC(=O)C(C)N(C)Cc1ccc(C(F)(F)F)cc1. The van der Waals surface area contributed by atoms with Crippen LogP contribution in [0.4, 0.5) is 13.2 Å². The summed E-state index contributed by atoms with van der Waals surface area (Å²) in [5, 5.41) is 2.81. The molecule has 0 heterocycles. The van der Waals surface area contributed by atoms with Crippen molar-refractivity contribution in [1.29, 1.82) is 0 Å². The molecule has 0 aliphatic rings. The quantitative estimate of drug-likeness (QED) is 0.906. The smallest absolute Gasteiger partial charge is 0.353 e. The molecule has 1 aromatic rings. The van der Waals surface area contributed by atoms with Gasteiger partial charge in [0.2, 0.25) is 5.91 Å². The van der Waals surface area contributed by atoms with Gasteiger partial charge in [0.1, 0.15) is 0 Å². The molecular formula is C15H21F3N2O. The molecule has 0 aliphatic heterocycles. The molecule has 118 valence electrons. The van der Waals surface area contributed by atoms with Gasteiger partial charge in [-0.2, -0.15) is 13.2 Å². The zero-order valence-corrected chi connectivity index (χ0v) is 12.7. The second-order valence-corrected chi connectivity index (χ2v) is 5.45. The second kappa shape index (κ2) is 6.93. The number of halogens is 3. The van der Waals surface area contributed by atoms with Crippen LogP contribution in [0.5, 0.6) is 0 Å². The number of carbonyl (C=O) groups is 1.